The van der Waals surface area contributed by atoms with E-state index >= 15 is 0 Å². The van der Waals surface area contributed by atoms with Crippen LogP contribution in [-0.2, 0) is 27.2 Å². The van der Waals surface area contributed by atoms with Crippen LogP contribution in [0.4, 0.5) is 0 Å². The van der Waals surface area contributed by atoms with Crippen molar-refractivity contribution >= 4 is 17.7 Å². The lowest BCUT2D eigenvalue weighted by Gasteiger charge is -2.29. The van der Waals surface area contributed by atoms with Crippen LogP contribution < -0.4 is 4.74 Å². The molecule has 1 aromatic heterocycles. The smallest absolute Gasteiger partial charge is 0.308 e. The SMILES string of the molecule is CCCCC(CCc1cccnc1)C(=O)CN1C[C@H](c2ccc3c(c2)CCO3)[C@@H](C(=O)O)[C@@H]1CCN(C)C(C)=O. The minimum atomic E-state index is -0.855. The van der Waals surface area contributed by atoms with E-state index in [0.717, 1.165) is 61.0 Å². The van der Waals surface area contributed by atoms with Crippen LogP contribution in [0.2, 0.25) is 0 Å². The van der Waals surface area contributed by atoms with E-state index in [1.165, 1.54) is 6.92 Å². The Labute approximate surface area is 237 Å². The number of aliphatic carboxylic acids is 1. The minimum absolute atomic E-state index is 0.0577. The van der Waals surface area contributed by atoms with E-state index in [4.69, 9.17) is 4.74 Å². The summed E-state index contributed by atoms with van der Waals surface area (Å²) in [7, 11) is 1.74. The molecule has 0 radical (unpaired) electrons. The van der Waals surface area contributed by atoms with Crippen LogP contribution in [0.25, 0.3) is 0 Å². The number of benzene rings is 1. The molecule has 0 spiro atoms. The predicted octanol–water partition coefficient (Wildman–Crippen LogP) is 4.36. The third-order valence-electron chi connectivity index (χ3n) is 8.70. The third kappa shape index (κ3) is 7.27. The standard InChI is InChI=1S/C32H43N3O5/c1-4-5-8-24(10-9-23-7-6-15-33-19-23)29(37)21-35-20-27(25-11-12-30-26(18-25)14-17-40-30)31(32(38)39)28(35)13-16-34(3)22(2)36/h6-7,11-12,15,18-19,24,27-28,31H,4-5,8-10,13-14,16-17,20-21H2,1-3H3,(H,38,39)/t24?,27-,28+,31-/m1/s1. The van der Waals surface area contributed by atoms with Crippen LogP contribution in [0.3, 0.4) is 0 Å². The molecule has 2 aliphatic heterocycles. The highest BCUT2D eigenvalue weighted by atomic mass is 16.5. The number of amides is 1. The van der Waals surface area contributed by atoms with Gasteiger partial charge in [-0.1, -0.05) is 38.0 Å². The number of hydrogen-bond donors (Lipinski definition) is 1. The first-order valence-corrected chi connectivity index (χ1v) is 14.6. The van der Waals surface area contributed by atoms with Gasteiger partial charge in [0, 0.05) is 63.8 Å². The maximum Gasteiger partial charge on any atom is 0.308 e. The number of carboxylic acids is 1. The number of aromatic nitrogens is 1. The lowest BCUT2D eigenvalue weighted by atomic mass is 9.83. The summed E-state index contributed by atoms with van der Waals surface area (Å²) < 4.78 is 5.67. The first-order chi connectivity index (χ1) is 19.3. The third-order valence-corrected chi connectivity index (χ3v) is 8.70. The molecule has 0 bridgehead atoms. The summed E-state index contributed by atoms with van der Waals surface area (Å²) in [6.07, 6.45) is 9.30. The quantitative estimate of drug-likeness (QED) is 0.374. The summed E-state index contributed by atoms with van der Waals surface area (Å²) >= 11 is 0. The number of ketones is 1. The molecule has 1 N–H and O–H groups in total. The zero-order valence-electron chi connectivity index (χ0n) is 24.1. The van der Waals surface area contributed by atoms with Crippen LogP contribution in [-0.4, -0.2) is 76.9 Å². The average Bonchev–Trinajstić information content (AvgIpc) is 3.56. The molecule has 8 heteroatoms. The summed E-state index contributed by atoms with van der Waals surface area (Å²) in [6, 6.07) is 9.63. The highest BCUT2D eigenvalue weighted by Gasteiger charge is 2.47. The van der Waals surface area contributed by atoms with Gasteiger partial charge in [0.25, 0.3) is 0 Å². The lowest BCUT2D eigenvalue weighted by molar-refractivity contribution is -0.143. The van der Waals surface area contributed by atoms with Crippen LogP contribution in [0, 0.1) is 11.8 Å². The zero-order chi connectivity index (χ0) is 28.6. The summed E-state index contributed by atoms with van der Waals surface area (Å²) in [5.41, 5.74) is 3.21. The molecule has 1 amide bonds. The number of ether oxygens (including phenoxy) is 1. The molecule has 1 fully saturated rings. The van der Waals surface area contributed by atoms with Crippen molar-refractivity contribution in [2.24, 2.45) is 11.8 Å². The summed E-state index contributed by atoms with van der Waals surface area (Å²) in [4.78, 5) is 46.4. The van der Waals surface area contributed by atoms with E-state index in [-0.39, 0.29) is 36.1 Å². The average molecular weight is 550 g/mol. The van der Waals surface area contributed by atoms with Gasteiger partial charge < -0.3 is 14.7 Å². The number of carbonyl (C=O) groups excluding carboxylic acids is 2. The number of unbranched alkanes of at least 4 members (excludes halogenated alkanes) is 1. The van der Waals surface area contributed by atoms with Gasteiger partial charge in [0.2, 0.25) is 5.91 Å². The summed E-state index contributed by atoms with van der Waals surface area (Å²) in [5, 5.41) is 10.4. The van der Waals surface area contributed by atoms with Crippen molar-refractivity contribution in [1.29, 1.82) is 0 Å². The van der Waals surface area contributed by atoms with E-state index in [1.54, 1.807) is 18.1 Å². The number of pyridine rings is 1. The molecule has 4 rings (SSSR count). The fourth-order valence-corrected chi connectivity index (χ4v) is 6.24. The van der Waals surface area contributed by atoms with Crippen molar-refractivity contribution in [3.05, 3.63) is 59.4 Å². The maximum absolute atomic E-state index is 13.8. The molecule has 8 nitrogen and oxygen atoms in total. The van der Waals surface area contributed by atoms with Gasteiger partial charge in [0.05, 0.1) is 19.1 Å². The molecule has 2 aromatic rings. The molecule has 1 saturated heterocycles. The number of likely N-dealkylation sites (tertiary alicyclic amines) is 1. The van der Waals surface area contributed by atoms with Crippen molar-refractivity contribution < 1.29 is 24.2 Å². The molecule has 1 aromatic carbocycles. The van der Waals surface area contributed by atoms with E-state index in [1.807, 2.05) is 30.5 Å². The molecular weight excluding hydrogens is 506 g/mol. The van der Waals surface area contributed by atoms with Gasteiger partial charge in [-0.25, -0.2) is 0 Å². The highest BCUT2D eigenvalue weighted by Crippen LogP contribution is 2.41. The molecule has 40 heavy (non-hydrogen) atoms. The highest BCUT2D eigenvalue weighted by molar-refractivity contribution is 5.83. The van der Waals surface area contributed by atoms with E-state index in [0.29, 0.717) is 26.1 Å². The Morgan fingerprint density at radius 2 is 2.05 bits per heavy atom. The number of hydrogen-bond acceptors (Lipinski definition) is 6. The second-order valence-corrected chi connectivity index (χ2v) is 11.4. The lowest BCUT2D eigenvalue weighted by Crippen LogP contribution is -2.42. The van der Waals surface area contributed by atoms with Crippen molar-refractivity contribution in [3.63, 3.8) is 0 Å². The molecular formula is C32H43N3O5. The number of rotatable bonds is 14. The topological polar surface area (TPSA) is 100 Å². The van der Waals surface area contributed by atoms with Crippen LogP contribution >= 0.6 is 0 Å². The number of carbonyl (C=O) groups is 3. The van der Waals surface area contributed by atoms with E-state index in [9.17, 15) is 19.5 Å². The Kier molecular flexibility index (Phi) is 10.3. The van der Waals surface area contributed by atoms with Crippen molar-refractivity contribution in [2.75, 3.05) is 33.3 Å². The Morgan fingerprint density at radius 1 is 1.23 bits per heavy atom. The van der Waals surface area contributed by atoms with Crippen LogP contribution in [0.1, 0.15) is 68.6 Å². The molecule has 0 aliphatic carbocycles. The molecule has 0 saturated carbocycles. The second kappa shape index (κ2) is 13.9. The number of fused-ring (bicyclic) bond motifs is 1. The van der Waals surface area contributed by atoms with Crippen molar-refractivity contribution in [3.8, 4) is 5.75 Å². The van der Waals surface area contributed by atoms with Gasteiger partial charge >= 0.3 is 5.97 Å². The summed E-state index contributed by atoms with van der Waals surface area (Å²) in [5.74, 6) is -0.863. The molecule has 3 heterocycles. The molecule has 4 atom stereocenters. The molecule has 1 unspecified atom stereocenters. The number of Topliss-reactive ketones (excluding diaryl/α,β-unsaturated/α-hetero) is 1. The van der Waals surface area contributed by atoms with Gasteiger partial charge in [0.1, 0.15) is 11.5 Å². The molecule has 2 aliphatic rings. The second-order valence-electron chi connectivity index (χ2n) is 11.4. The fourth-order valence-electron chi connectivity index (χ4n) is 6.24. The molecule has 216 valence electrons. The Hall–Kier alpha value is -3.26. The van der Waals surface area contributed by atoms with Crippen molar-refractivity contribution in [2.45, 2.75) is 70.8 Å². The monoisotopic (exact) mass is 549 g/mol. The number of aryl methyl sites for hydroxylation is 1. The largest absolute Gasteiger partial charge is 0.493 e. The summed E-state index contributed by atoms with van der Waals surface area (Å²) in [6.45, 7) is 5.46. The normalized spacial score (nSPS) is 21.0. The minimum Gasteiger partial charge on any atom is -0.493 e. The fraction of sp³-hybridized carbons (Fsp3) is 0.562. The van der Waals surface area contributed by atoms with Gasteiger partial charge in [-0.3, -0.25) is 24.3 Å². The Bertz CT molecular complexity index is 1170. The van der Waals surface area contributed by atoms with Gasteiger partial charge in [-0.2, -0.15) is 0 Å². The van der Waals surface area contributed by atoms with Gasteiger partial charge in [-0.15, -0.1) is 0 Å². The maximum atomic E-state index is 13.8. The van der Waals surface area contributed by atoms with Gasteiger partial charge in [-0.05, 0) is 54.5 Å². The predicted molar refractivity (Wildman–Crippen MR) is 153 cm³/mol. The van der Waals surface area contributed by atoms with E-state index < -0.39 is 11.9 Å². The van der Waals surface area contributed by atoms with Crippen LogP contribution in [0.15, 0.2) is 42.7 Å². The number of carboxylic acid groups (broad SMARTS) is 1. The Balaban J connectivity index is 1.56. The van der Waals surface area contributed by atoms with Crippen molar-refractivity contribution in [1.82, 2.24) is 14.8 Å². The van der Waals surface area contributed by atoms with Crippen LogP contribution in [0.5, 0.6) is 5.75 Å². The Morgan fingerprint density at radius 3 is 2.75 bits per heavy atom. The first kappa shape index (κ1) is 29.7. The van der Waals surface area contributed by atoms with Gasteiger partial charge in [0.15, 0.2) is 0 Å². The van der Waals surface area contributed by atoms with E-state index in [2.05, 4.69) is 22.9 Å². The first-order valence-electron chi connectivity index (χ1n) is 14.6. The zero-order valence-corrected chi connectivity index (χ0v) is 24.1. The number of nitrogens with zero attached hydrogens (tertiary/aromatic N) is 3.